The second-order valence-electron chi connectivity index (χ2n) is 11.2. The molecule has 0 radical (unpaired) electrons. The van der Waals surface area contributed by atoms with Crippen LogP contribution in [0.25, 0.3) is 27.3 Å². The van der Waals surface area contributed by atoms with Gasteiger partial charge in [0.15, 0.2) is 0 Å². The van der Waals surface area contributed by atoms with Crippen LogP contribution in [0.2, 0.25) is 0 Å². The van der Waals surface area contributed by atoms with Gasteiger partial charge in [-0.05, 0) is 60.9 Å². The summed E-state index contributed by atoms with van der Waals surface area (Å²) in [6, 6.07) is 32.4. The fourth-order valence-corrected chi connectivity index (χ4v) is 8.56. The number of imidazole rings is 1. The first-order chi connectivity index (χ1) is 22.2. The minimum Gasteiger partial charge on any atom is -0.298 e. The molecule has 1 aliphatic rings. The van der Waals surface area contributed by atoms with E-state index < -0.39 is 5.54 Å². The lowest BCUT2D eigenvalue weighted by Crippen LogP contribution is -2.43. The summed E-state index contributed by atoms with van der Waals surface area (Å²) >= 11 is 3.59. The number of aromatic nitrogens is 4. The molecule has 5 nitrogen and oxygen atoms in total. The molecule has 7 rings (SSSR count). The second-order valence-corrected chi connectivity index (χ2v) is 13.7. The molecule has 0 fully saturated rings. The number of aryl methyl sites for hydroxylation is 1. The van der Waals surface area contributed by atoms with Crippen LogP contribution in [0, 0.1) is 24.2 Å². The standard InChI is InChI=1S/C38H33N5S2/c1-28-33(29-19-21-36-40-25-34(42(36)26-29)35-20-22-37(45-35)44-24-12-11-23-39)27-43(41-28)38(30-13-5-2-6-14-30,31-15-7-3-8-16-31)32-17-9-4-10-18-32/h2-10,13-17,19-22,25-27,32H,11-12,18,24H2,1H3. The van der Waals surface area contributed by atoms with E-state index in [9.17, 15) is 0 Å². The zero-order valence-corrected chi connectivity index (χ0v) is 26.7. The monoisotopic (exact) mass is 623 g/mol. The summed E-state index contributed by atoms with van der Waals surface area (Å²) in [4.78, 5) is 5.90. The highest BCUT2D eigenvalue weighted by Crippen LogP contribution is 2.45. The largest absolute Gasteiger partial charge is 0.298 e. The molecule has 0 N–H and O–H groups in total. The number of pyridine rings is 1. The molecule has 4 heterocycles. The van der Waals surface area contributed by atoms with Crippen LogP contribution in [0.1, 0.15) is 36.1 Å². The summed E-state index contributed by atoms with van der Waals surface area (Å²) in [6.45, 7) is 2.11. The number of unbranched alkanes of at least 4 members (excludes halogenated alkanes) is 1. The number of hydrogen-bond donors (Lipinski definition) is 0. The Morgan fingerprint density at radius 2 is 1.73 bits per heavy atom. The number of benzene rings is 2. The molecule has 2 aromatic carbocycles. The maximum atomic E-state index is 8.84. The number of rotatable bonds is 10. The summed E-state index contributed by atoms with van der Waals surface area (Å²) in [5, 5.41) is 14.1. The molecule has 7 heteroatoms. The average Bonchev–Trinajstić information content (AvgIpc) is 3.83. The number of thiophene rings is 1. The number of fused-ring (bicyclic) bond motifs is 1. The highest BCUT2D eigenvalue weighted by Gasteiger charge is 2.44. The summed E-state index contributed by atoms with van der Waals surface area (Å²) < 4.78 is 5.67. The summed E-state index contributed by atoms with van der Waals surface area (Å²) in [7, 11) is 0. The van der Waals surface area contributed by atoms with Crippen LogP contribution in [0.15, 0.2) is 132 Å². The Kier molecular flexibility index (Phi) is 8.25. The Morgan fingerprint density at radius 1 is 0.956 bits per heavy atom. The highest BCUT2D eigenvalue weighted by molar-refractivity contribution is 8.01. The SMILES string of the molecule is Cc1nn(C(c2ccccc2)(c2ccccc2)C2C=CC=CC2)cc1-c1ccc2ncc(-c3ccc(SCCCC#N)s3)n2c1. The van der Waals surface area contributed by atoms with Crippen molar-refractivity contribution in [2.24, 2.45) is 5.92 Å². The Balaban J connectivity index is 1.32. The molecule has 6 aromatic rings. The Morgan fingerprint density at radius 3 is 2.44 bits per heavy atom. The van der Waals surface area contributed by atoms with Crippen molar-refractivity contribution >= 4 is 28.7 Å². The lowest BCUT2D eigenvalue weighted by molar-refractivity contribution is 0.292. The van der Waals surface area contributed by atoms with Gasteiger partial charge in [0.25, 0.3) is 0 Å². The molecular formula is C38H33N5S2. The van der Waals surface area contributed by atoms with Gasteiger partial charge in [-0.15, -0.1) is 23.1 Å². The fraction of sp³-hybridized carbons (Fsp3) is 0.184. The molecule has 4 aromatic heterocycles. The van der Waals surface area contributed by atoms with Crippen molar-refractivity contribution in [1.82, 2.24) is 19.2 Å². The average molecular weight is 624 g/mol. The van der Waals surface area contributed by atoms with Crippen molar-refractivity contribution in [2.75, 3.05) is 5.75 Å². The van der Waals surface area contributed by atoms with Crippen LogP contribution in [0.4, 0.5) is 0 Å². The summed E-state index contributed by atoms with van der Waals surface area (Å²) in [5.74, 6) is 1.13. The van der Waals surface area contributed by atoms with E-state index in [1.165, 1.54) is 20.2 Å². The van der Waals surface area contributed by atoms with E-state index in [4.69, 9.17) is 15.3 Å². The first-order valence-electron chi connectivity index (χ1n) is 15.3. The van der Waals surface area contributed by atoms with E-state index in [1.54, 1.807) is 11.3 Å². The molecular weight excluding hydrogens is 591 g/mol. The topological polar surface area (TPSA) is 58.9 Å². The molecule has 0 saturated carbocycles. The Labute approximate surface area is 272 Å². The van der Waals surface area contributed by atoms with Gasteiger partial charge >= 0.3 is 0 Å². The van der Waals surface area contributed by atoms with Gasteiger partial charge in [0.1, 0.15) is 11.2 Å². The lowest BCUT2D eigenvalue weighted by atomic mass is 9.70. The molecule has 1 aliphatic carbocycles. The lowest BCUT2D eigenvalue weighted by Gasteiger charge is -2.41. The van der Waals surface area contributed by atoms with Crippen LogP contribution in [-0.2, 0) is 5.54 Å². The normalized spacial score (nSPS) is 14.6. The van der Waals surface area contributed by atoms with E-state index >= 15 is 0 Å². The van der Waals surface area contributed by atoms with Crippen molar-refractivity contribution in [3.63, 3.8) is 0 Å². The van der Waals surface area contributed by atoms with Gasteiger partial charge in [-0.2, -0.15) is 10.4 Å². The predicted octanol–water partition coefficient (Wildman–Crippen LogP) is 9.55. The van der Waals surface area contributed by atoms with Crippen molar-refractivity contribution in [3.05, 3.63) is 145 Å². The van der Waals surface area contributed by atoms with E-state index in [0.717, 1.165) is 46.8 Å². The summed E-state index contributed by atoms with van der Waals surface area (Å²) in [6.07, 6.45) is 17.7. The van der Waals surface area contributed by atoms with E-state index in [-0.39, 0.29) is 5.92 Å². The third-order valence-electron chi connectivity index (χ3n) is 8.53. The van der Waals surface area contributed by atoms with Crippen LogP contribution in [-0.4, -0.2) is 24.9 Å². The van der Waals surface area contributed by atoms with E-state index in [1.807, 2.05) is 18.0 Å². The molecule has 0 spiro atoms. The molecule has 0 bridgehead atoms. The van der Waals surface area contributed by atoms with E-state index in [2.05, 4.69) is 144 Å². The van der Waals surface area contributed by atoms with Crippen LogP contribution in [0.5, 0.6) is 0 Å². The molecule has 0 amide bonds. The maximum Gasteiger partial charge on any atom is 0.137 e. The van der Waals surface area contributed by atoms with Crippen LogP contribution >= 0.6 is 23.1 Å². The van der Waals surface area contributed by atoms with E-state index in [0.29, 0.717) is 6.42 Å². The van der Waals surface area contributed by atoms with Crippen molar-refractivity contribution in [2.45, 2.75) is 35.9 Å². The molecule has 1 atom stereocenters. The van der Waals surface area contributed by atoms with Gasteiger partial charge in [-0.1, -0.05) is 85.0 Å². The third-order valence-corrected chi connectivity index (χ3v) is 11.0. The second kappa shape index (κ2) is 12.8. The third kappa shape index (κ3) is 5.45. The molecule has 45 heavy (non-hydrogen) atoms. The van der Waals surface area contributed by atoms with Crippen LogP contribution in [0.3, 0.4) is 0 Å². The minimum atomic E-state index is -0.532. The number of hydrogen-bond acceptors (Lipinski definition) is 5. The number of allylic oxidation sites excluding steroid dienone is 4. The molecule has 0 saturated heterocycles. The number of nitriles is 1. The summed E-state index contributed by atoms with van der Waals surface area (Å²) in [5.41, 5.74) is 7.06. The van der Waals surface area contributed by atoms with Gasteiger partial charge in [0, 0.05) is 35.9 Å². The van der Waals surface area contributed by atoms with Gasteiger partial charge in [0.2, 0.25) is 0 Å². The van der Waals surface area contributed by atoms with Crippen molar-refractivity contribution in [1.29, 1.82) is 5.26 Å². The van der Waals surface area contributed by atoms with Gasteiger partial charge in [0.05, 0.1) is 32.7 Å². The van der Waals surface area contributed by atoms with Crippen LogP contribution < -0.4 is 0 Å². The predicted molar refractivity (Wildman–Crippen MR) is 185 cm³/mol. The Bertz CT molecular complexity index is 1990. The maximum absolute atomic E-state index is 8.84. The Hall–Kier alpha value is -4.64. The first-order valence-corrected chi connectivity index (χ1v) is 17.1. The number of nitrogens with zero attached hydrogens (tertiary/aromatic N) is 5. The molecule has 222 valence electrons. The first kappa shape index (κ1) is 29.1. The minimum absolute atomic E-state index is 0.174. The van der Waals surface area contributed by atoms with Crippen molar-refractivity contribution in [3.8, 4) is 27.8 Å². The van der Waals surface area contributed by atoms with Gasteiger partial charge < -0.3 is 0 Å². The molecule has 1 unspecified atom stereocenters. The zero-order chi connectivity index (χ0) is 30.6. The smallest absolute Gasteiger partial charge is 0.137 e. The highest BCUT2D eigenvalue weighted by atomic mass is 32.2. The van der Waals surface area contributed by atoms with Crippen molar-refractivity contribution < 1.29 is 0 Å². The molecule has 0 aliphatic heterocycles. The zero-order valence-electron chi connectivity index (χ0n) is 25.1. The number of thioether (sulfide) groups is 1. The quantitative estimate of drug-likeness (QED) is 0.113. The fourth-order valence-electron chi connectivity index (χ4n) is 6.41. The van der Waals surface area contributed by atoms with Gasteiger partial charge in [-0.25, -0.2) is 4.98 Å². The van der Waals surface area contributed by atoms with Gasteiger partial charge in [-0.3, -0.25) is 9.08 Å².